The van der Waals surface area contributed by atoms with Crippen LogP contribution in [0.4, 0.5) is 18.9 Å². The third-order valence-corrected chi connectivity index (χ3v) is 5.69. The number of carbonyl (C=O) groups excluding carboxylic acids is 1. The van der Waals surface area contributed by atoms with Gasteiger partial charge in [-0.15, -0.1) is 0 Å². The number of nitrogens with zero attached hydrogens (tertiary/aromatic N) is 2. The maximum absolute atomic E-state index is 12.6. The largest absolute Gasteiger partial charge is 0.416 e. The first kappa shape index (κ1) is 21.4. The molecule has 3 aromatic rings. The van der Waals surface area contributed by atoms with Crippen LogP contribution in [0.25, 0.3) is 11.0 Å². The lowest BCUT2D eigenvalue weighted by atomic mass is 9.93. The number of aromatic amines is 1. The Hall–Kier alpha value is -2.87. The number of anilines is 1. The van der Waals surface area contributed by atoms with Crippen LogP contribution in [-0.2, 0) is 17.5 Å². The molecule has 8 heteroatoms. The lowest BCUT2D eigenvalue weighted by Crippen LogP contribution is -2.35. The summed E-state index contributed by atoms with van der Waals surface area (Å²) in [6.45, 7) is 2.67. The Kier molecular flexibility index (Phi) is 6.27. The second kappa shape index (κ2) is 9.09. The van der Waals surface area contributed by atoms with E-state index in [0.717, 1.165) is 67.9 Å². The summed E-state index contributed by atoms with van der Waals surface area (Å²) < 4.78 is 37.9. The highest BCUT2D eigenvalue weighted by molar-refractivity contribution is 5.90. The summed E-state index contributed by atoms with van der Waals surface area (Å²) >= 11 is 0. The number of piperidine rings is 1. The second-order valence-corrected chi connectivity index (χ2v) is 8.11. The molecular formula is C23H25F3N4O. The van der Waals surface area contributed by atoms with Crippen molar-refractivity contribution in [2.24, 2.45) is 5.92 Å². The van der Waals surface area contributed by atoms with Crippen LogP contribution in [0, 0.1) is 5.92 Å². The summed E-state index contributed by atoms with van der Waals surface area (Å²) in [4.78, 5) is 22.6. The molecule has 2 aromatic carbocycles. The topological polar surface area (TPSA) is 61.0 Å². The number of carbonyl (C=O) groups is 1. The average Bonchev–Trinajstić information content (AvgIpc) is 3.14. The molecule has 1 aliphatic rings. The molecule has 1 amide bonds. The molecular weight excluding hydrogens is 405 g/mol. The van der Waals surface area contributed by atoms with Gasteiger partial charge in [0, 0.05) is 18.7 Å². The maximum Gasteiger partial charge on any atom is 0.416 e. The number of fused-ring (bicyclic) bond motifs is 1. The number of halogens is 3. The van der Waals surface area contributed by atoms with E-state index >= 15 is 0 Å². The zero-order chi connectivity index (χ0) is 21.8. The summed E-state index contributed by atoms with van der Waals surface area (Å²) in [7, 11) is 0. The highest BCUT2D eigenvalue weighted by Gasteiger charge is 2.30. The Morgan fingerprint density at radius 3 is 2.68 bits per heavy atom. The molecule has 1 saturated heterocycles. The van der Waals surface area contributed by atoms with Gasteiger partial charge in [-0.05, 0) is 68.1 Å². The van der Waals surface area contributed by atoms with Gasteiger partial charge in [-0.2, -0.15) is 13.2 Å². The fourth-order valence-corrected chi connectivity index (χ4v) is 4.12. The van der Waals surface area contributed by atoms with Crippen molar-refractivity contribution in [3.8, 4) is 0 Å². The quantitative estimate of drug-likeness (QED) is 0.564. The number of hydrogen-bond donors (Lipinski definition) is 2. The number of likely N-dealkylation sites (tertiary alicyclic amines) is 1. The van der Waals surface area contributed by atoms with Crippen LogP contribution in [0.2, 0.25) is 0 Å². The van der Waals surface area contributed by atoms with Gasteiger partial charge in [0.25, 0.3) is 0 Å². The third kappa shape index (κ3) is 5.64. The Balaban J connectivity index is 1.25. The Bertz CT molecular complexity index is 996. The van der Waals surface area contributed by atoms with Crippen molar-refractivity contribution >= 4 is 22.6 Å². The highest BCUT2D eigenvalue weighted by atomic mass is 19.4. The number of hydrogen-bond acceptors (Lipinski definition) is 3. The summed E-state index contributed by atoms with van der Waals surface area (Å²) in [6, 6.07) is 12.5. The minimum Gasteiger partial charge on any atom is -0.341 e. The van der Waals surface area contributed by atoms with Gasteiger partial charge >= 0.3 is 6.18 Å². The van der Waals surface area contributed by atoms with Gasteiger partial charge in [0.1, 0.15) is 5.82 Å². The van der Waals surface area contributed by atoms with Crippen LogP contribution >= 0.6 is 0 Å². The predicted octanol–water partition coefficient (Wildman–Crippen LogP) is 5.21. The fraction of sp³-hybridized carbons (Fsp3) is 0.391. The normalized spacial score (nSPS) is 17.7. The van der Waals surface area contributed by atoms with Crippen molar-refractivity contribution < 1.29 is 18.0 Å². The third-order valence-electron chi connectivity index (χ3n) is 5.69. The molecule has 0 bridgehead atoms. The molecule has 1 unspecified atom stereocenters. The number of rotatable bonds is 6. The van der Waals surface area contributed by atoms with Crippen molar-refractivity contribution in [3.05, 3.63) is 59.9 Å². The van der Waals surface area contributed by atoms with Crippen LogP contribution in [0.5, 0.6) is 0 Å². The number of H-pyrrole nitrogens is 1. The molecule has 4 rings (SSSR count). The van der Waals surface area contributed by atoms with Gasteiger partial charge < -0.3 is 10.3 Å². The van der Waals surface area contributed by atoms with E-state index in [-0.39, 0.29) is 5.91 Å². The van der Waals surface area contributed by atoms with Crippen LogP contribution < -0.4 is 5.32 Å². The van der Waals surface area contributed by atoms with Crippen molar-refractivity contribution in [2.75, 3.05) is 18.4 Å². The number of imidazole rings is 1. The van der Waals surface area contributed by atoms with Gasteiger partial charge in [0.05, 0.1) is 23.1 Å². The fourth-order valence-electron chi connectivity index (χ4n) is 4.12. The molecule has 0 aliphatic carbocycles. The Morgan fingerprint density at radius 1 is 1.16 bits per heavy atom. The lowest BCUT2D eigenvalue weighted by Gasteiger charge is -2.32. The first-order valence-corrected chi connectivity index (χ1v) is 10.5. The van der Waals surface area contributed by atoms with Gasteiger partial charge in [0.2, 0.25) is 5.91 Å². The maximum atomic E-state index is 12.6. The minimum absolute atomic E-state index is 0.172. The molecule has 164 valence electrons. The smallest absolute Gasteiger partial charge is 0.341 e. The molecule has 0 spiro atoms. The average molecular weight is 430 g/mol. The first-order valence-electron chi connectivity index (χ1n) is 10.5. The van der Waals surface area contributed by atoms with Crippen molar-refractivity contribution in [1.82, 2.24) is 14.9 Å². The Morgan fingerprint density at radius 2 is 1.94 bits per heavy atom. The number of nitrogens with one attached hydrogen (secondary N) is 2. The summed E-state index contributed by atoms with van der Waals surface area (Å²) in [5.41, 5.74) is 1.65. The molecule has 1 atom stereocenters. The number of alkyl halides is 3. The van der Waals surface area contributed by atoms with Crippen molar-refractivity contribution in [2.45, 2.75) is 38.4 Å². The number of para-hydroxylation sites is 2. The predicted molar refractivity (Wildman–Crippen MR) is 113 cm³/mol. The molecule has 31 heavy (non-hydrogen) atoms. The molecule has 2 heterocycles. The Labute approximate surface area is 178 Å². The SMILES string of the molecule is O=C(CCC1CCCN(Cc2nc3ccccc3[nH]2)C1)Nc1ccc(C(F)(F)F)cc1. The molecule has 5 nitrogen and oxygen atoms in total. The van der Waals surface area contributed by atoms with Crippen LogP contribution in [-0.4, -0.2) is 33.9 Å². The minimum atomic E-state index is -4.38. The number of benzene rings is 2. The molecule has 1 aromatic heterocycles. The first-order chi connectivity index (χ1) is 14.9. The number of aromatic nitrogens is 2. The van der Waals surface area contributed by atoms with E-state index in [4.69, 9.17) is 0 Å². The zero-order valence-corrected chi connectivity index (χ0v) is 17.1. The van der Waals surface area contributed by atoms with Crippen LogP contribution in [0.1, 0.15) is 37.1 Å². The summed E-state index contributed by atoms with van der Waals surface area (Å²) in [5, 5.41) is 2.69. The van der Waals surface area contributed by atoms with E-state index in [2.05, 4.69) is 20.2 Å². The van der Waals surface area contributed by atoms with Gasteiger partial charge in [0.15, 0.2) is 0 Å². The highest BCUT2D eigenvalue weighted by Crippen LogP contribution is 2.30. The van der Waals surface area contributed by atoms with Crippen molar-refractivity contribution in [3.63, 3.8) is 0 Å². The summed E-state index contributed by atoms with van der Waals surface area (Å²) in [6.07, 6.45) is -1.12. The zero-order valence-electron chi connectivity index (χ0n) is 17.1. The second-order valence-electron chi connectivity index (χ2n) is 8.11. The van der Waals surface area contributed by atoms with E-state index in [1.165, 1.54) is 12.1 Å². The van der Waals surface area contributed by atoms with E-state index < -0.39 is 11.7 Å². The summed E-state index contributed by atoms with van der Waals surface area (Å²) in [5.74, 6) is 1.19. The molecule has 0 saturated carbocycles. The number of amides is 1. The molecule has 0 radical (unpaired) electrons. The van der Waals surface area contributed by atoms with Crippen LogP contribution in [0.3, 0.4) is 0 Å². The lowest BCUT2D eigenvalue weighted by molar-refractivity contribution is -0.137. The van der Waals surface area contributed by atoms with Crippen molar-refractivity contribution in [1.29, 1.82) is 0 Å². The molecule has 2 N–H and O–H groups in total. The van der Waals surface area contributed by atoms with Gasteiger partial charge in [-0.1, -0.05) is 12.1 Å². The standard InChI is InChI=1S/C23H25F3N4O/c24-23(25,26)17-8-10-18(11-9-17)27-22(31)12-7-16-4-3-13-30(14-16)15-21-28-19-5-1-2-6-20(19)29-21/h1-2,5-6,8-11,16H,3-4,7,12-15H2,(H,27,31)(H,28,29). The van der Waals surface area contributed by atoms with E-state index in [1.54, 1.807) is 0 Å². The molecule has 1 aliphatic heterocycles. The monoisotopic (exact) mass is 430 g/mol. The van der Waals surface area contributed by atoms with Crippen LogP contribution in [0.15, 0.2) is 48.5 Å². The van der Waals surface area contributed by atoms with Gasteiger partial charge in [-0.3, -0.25) is 9.69 Å². The van der Waals surface area contributed by atoms with E-state index in [0.29, 0.717) is 18.0 Å². The van der Waals surface area contributed by atoms with E-state index in [1.807, 2.05) is 24.3 Å². The van der Waals surface area contributed by atoms with E-state index in [9.17, 15) is 18.0 Å². The van der Waals surface area contributed by atoms with Gasteiger partial charge in [-0.25, -0.2) is 4.98 Å². The molecule has 1 fully saturated rings.